The minimum atomic E-state index is -0.193. The number of anilines is 2. The smallest absolute Gasteiger partial charge is 0.154 e. The zero-order valence-electron chi connectivity index (χ0n) is 13.3. The van der Waals surface area contributed by atoms with Crippen LogP contribution in [0.15, 0.2) is 24.4 Å². The maximum Gasteiger partial charge on any atom is 0.154 e. The van der Waals surface area contributed by atoms with Gasteiger partial charge in [-0.15, -0.1) is 5.10 Å². The van der Waals surface area contributed by atoms with E-state index in [1.165, 1.54) is 0 Å². The van der Waals surface area contributed by atoms with E-state index in [0.717, 1.165) is 30.8 Å². The van der Waals surface area contributed by atoms with Crippen molar-refractivity contribution in [1.82, 2.24) is 20.0 Å². The summed E-state index contributed by atoms with van der Waals surface area (Å²) in [6.45, 7) is 6.36. The van der Waals surface area contributed by atoms with Gasteiger partial charge in [0.1, 0.15) is 5.82 Å². The standard InChI is InChI=1S/C16H23N5O/c1-16(2,3)21-15(18-14-5-4-8-17-19-14)10-13(20-21)11-6-7-12(22)9-11/h4-5,8,10-12,22H,6-7,9H2,1-3H3,(H,18,19)/t11-,12+/m0/s1. The molecule has 118 valence electrons. The molecule has 2 atom stereocenters. The molecule has 2 aromatic rings. The van der Waals surface area contributed by atoms with Gasteiger partial charge >= 0.3 is 0 Å². The molecule has 3 rings (SSSR count). The third kappa shape index (κ3) is 3.11. The first-order chi connectivity index (χ1) is 10.4. The molecule has 2 heterocycles. The summed E-state index contributed by atoms with van der Waals surface area (Å²) in [5, 5.41) is 25.8. The highest BCUT2D eigenvalue weighted by atomic mass is 16.3. The van der Waals surface area contributed by atoms with E-state index < -0.39 is 0 Å². The predicted molar refractivity (Wildman–Crippen MR) is 85.1 cm³/mol. The van der Waals surface area contributed by atoms with Crippen molar-refractivity contribution in [1.29, 1.82) is 0 Å². The highest BCUT2D eigenvalue weighted by Crippen LogP contribution is 2.36. The molecule has 2 N–H and O–H groups in total. The summed E-state index contributed by atoms with van der Waals surface area (Å²) in [5.74, 6) is 1.94. The fraction of sp³-hybridized carbons (Fsp3) is 0.562. The molecule has 1 fully saturated rings. The molecular weight excluding hydrogens is 278 g/mol. The maximum atomic E-state index is 9.76. The largest absolute Gasteiger partial charge is 0.393 e. The topological polar surface area (TPSA) is 75.9 Å². The first-order valence-electron chi connectivity index (χ1n) is 7.77. The number of aliphatic hydroxyl groups excluding tert-OH is 1. The van der Waals surface area contributed by atoms with Crippen molar-refractivity contribution in [3.63, 3.8) is 0 Å². The van der Waals surface area contributed by atoms with Crippen LogP contribution >= 0.6 is 0 Å². The Balaban J connectivity index is 1.92. The van der Waals surface area contributed by atoms with E-state index in [2.05, 4.69) is 42.4 Å². The molecule has 0 unspecified atom stereocenters. The number of hydrogen-bond donors (Lipinski definition) is 2. The van der Waals surface area contributed by atoms with Crippen molar-refractivity contribution in [2.45, 2.75) is 57.6 Å². The minimum absolute atomic E-state index is 0.139. The molecule has 6 nitrogen and oxygen atoms in total. The molecule has 0 aliphatic heterocycles. The molecule has 0 spiro atoms. The summed E-state index contributed by atoms with van der Waals surface area (Å²) in [6, 6.07) is 5.80. The molecule has 0 radical (unpaired) electrons. The Labute approximate surface area is 130 Å². The van der Waals surface area contributed by atoms with Crippen LogP contribution in [-0.2, 0) is 5.54 Å². The van der Waals surface area contributed by atoms with Gasteiger partial charge in [-0.3, -0.25) is 0 Å². The van der Waals surface area contributed by atoms with Crippen LogP contribution in [0, 0.1) is 0 Å². The molecule has 1 aliphatic carbocycles. The van der Waals surface area contributed by atoms with Crippen LogP contribution in [0.1, 0.15) is 51.6 Å². The van der Waals surface area contributed by atoms with Crippen molar-refractivity contribution in [3.8, 4) is 0 Å². The number of aliphatic hydroxyl groups is 1. The van der Waals surface area contributed by atoms with Crippen molar-refractivity contribution >= 4 is 11.6 Å². The van der Waals surface area contributed by atoms with Gasteiger partial charge in [0.2, 0.25) is 0 Å². The predicted octanol–water partition coefficient (Wildman–Crippen LogP) is 2.80. The van der Waals surface area contributed by atoms with Gasteiger partial charge in [-0.1, -0.05) is 0 Å². The molecule has 0 bridgehead atoms. The maximum absolute atomic E-state index is 9.76. The highest BCUT2D eigenvalue weighted by Gasteiger charge is 2.29. The van der Waals surface area contributed by atoms with Crippen LogP contribution in [0.2, 0.25) is 0 Å². The Morgan fingerprint density at radius 2 is 2.14 bits per heavy atom. The lowest BCUT2D eigenvalue weighted by molar-refractivity contribution is 0.181. The van der Waals surface area contributed by atoms with E-state index in [-0.39, 0.29) is 11.6 Å². The summed E-state index contributed by atoms with van der Waals surface area (Å²) < 4.78 is 1.99. The highest BCUT2D eigenvalue weighted by molar-refractivity contribution is 5.52. The molecule has 1 aliphatic rings. The lowest BCUT2D eigenvalue weighted by Crippen LogP contribution is -2.25. The van der Waals surface area contributed by atoms with E-state index >= 15 is 0 Å². The van der Waals surface area contributed by atoms with Crippen LogP contribution in [0.3, 0.4) is 0 Å². The molecule has 6 heteroatoms. The lowest BCUT2D eigenvalue weighted by Gasteiger charge is -2.22. The van der Waals surface area contributed by atoms with Crippen molar-refractivity contribution in [2.75, 3.05) is 5.32 Å². The SMILES string of the molecule is CC(C)(C)n1nc([C@H]2CC[C@@H](O)C2)cc1Nc1cccnn1. The van der Waals surface area contributed by atoms with E-state index in [4.69, 9.17) is 5.10 Å². The fourth-order valence-corrected chi connectivity index (χ4v) is 2.93. The van der Waals surface area contributed by atoms with Gasteiger partial charge in [-0.2, -0.15) is 10.2 Å². The van der Waals surface area contributed by atoms with Crippen LogP contribution in [-0.4, -0.2) is 31.2 Å². The number of aromatic nitrogens is 4. The van der Waals surface area contributed by atoms with Gasteiger partial charge in [0, 0.05) is 18.2 Å². The molecular formula is C16H23N5O. The van der Waals surface area contributed by atoms with E-state index in [0.29, 0.717) is 11.7 Å². The Bertz CT molecular complexity index is 632. The zero-order valence-corrected chi connectivity index (χ0v) is 13.3. The van der Waals surface area contributed by atoms with Crippen LogP contribution < -0.4 is 5.32 Å². The average molecular weight is 301 g/mol. The van der Waals surface area contributed by atoms with Crippen molar-refractivity contribution in [2.24, 2.45) is 0 Å². The zero-order chi connectivity index (χ0) is 15.7. The molecule has 0 saturated heterocycles. The number of rotatable bonds is 3. The number of nitrogens with one attached hydrogen (secondary N) is 1. The Morgan fingerprint density at radius 3 is 2.73 bits per heavy atom. The summed E-state index contributed by atoms with van der Waals surface area (Å²) >= 11 is 0. The van der Waals surface area contributed by atoms with E-state index in [1.807, 2.05) is 16.8 Å². The van der Waals surface area contributed by atoms with Gasteiger partial charge in [0.05, 0.1) is 17.3 Å². The average Bonchev–Trinajstić information content (AvgIpc) is 3.06. The van der Waals surface area contributed by atoms with Gasteiger partial charge in [0.25, 0.3) is 0 Å². The summed E-state index contributed by atoms with van der Waals surface area (Å²) in [5.41, 5.74) is 0.901. The van der Waals surface area contributed by atoms with Gasteiger partial charge in [-0.25, -0.2) is 4.68 Å². The first kappa shape index (κ1) is 15.0. The van der Waals surface area contributed by atoms with E-state index in [9.17, 15) is 5.11 Å². The van der Waals surface area contributed by atoms with Gasteiger partial charge in [0.15, 0.2) is 5.82 Å². The van der Waals surface area contributed by atoms with Crippen LogP contribution in [0.25, 0.3) is 0 Å². The Morgan fingerprint density at radius 1 is 1.32 bits per heavy atom. The first-order valence-corrected chi connectivity index (χ1v) is 7.77. The van der Waals surface area contributed by atoms with Crippen LogP contribution in [0.4, 0.5) is 11.6 Å². The Kier molecular flexibility index (Phi) is 3.87. The second-order valence-corrected chi connectivity index (χ2v) is 6.93. The molecule has 0 aromatic carbocycles. The quantitative estimate of drug-likeness (QED) is 0.911. The summed E-state index contributed by atoms with van der Waals surface area (Å²) in [7, 11) is 0. The number of nitrogens with zero attached hydrogens (tertiary/aromatic N) is 4. The van der Waals surface area contributed by atoms with Crippen molar-refractivity contribution < 1.29 is 5.11 Å². The monoisotopic (exact) mass is 301 g/mol. The van der Waals surface area contributed by atoms with Crippen LogP contribution in [0.5, 0.6) is 0 Å². The third-order valence-corrected chi connectivity index (χ3v) is 4.02. The molecule has 22 heavy (non-hydrogen) atoms. The van der Waals surface area contributed by atoms with Gasteiger partial charge in [-0.05, 0) is 52.2 Å². The molecule has 0 amide bonds. The normalized spacial score (nSPS) is 22.0. The fourth-order valence-electron chi connectivity index (χ4n) is 2.93. The molecule has 1 saturated carbocycles. The molecule has 2 aromatic heterocycles. The number of hydrogen-bond acceptors (Lipinski definition) is 5. The Hall–Kier alpha value is -1.95. The third-order valence-electron chi connectivity index (χ3n) is 4.02. The summed E-state index contributed by atoms with van der Waals surface area (Å²) in [6.07, 6.45) is 4.11. The minimum Gasteiger partial charge on any atom is -0.393 e. The lowest BCUT2D eigenvalue weighted by atomic mass is 10.0. The van der Waals surface area contributed by atoms with E-state index in [1.54, 1.807) is 6.20 Å². The second-order valence-electron chi connectivity index (χ2n) is 6.93. The second kappa shape index (κ2) is 5.68. The van der Waals surface area contributed by atoms with Gasteiger partial charge < -0.3 is 10.4 Å². The summed E-state index contributed by atoms with van der Waals surface area (Å²) in [4.78, 5) is 0. The van der Waals surface area contributed by atoms with Crippen molar-refractivity contribution in [3.05, 3.63) is 30.1 Å².